The first kappa shape index (κ1) is 13.6. The summed E-state index contributed by atoms with van der Waals surface area (Å²) in [7, 11) is 0. The molecule has 2 N–H and O–H groups in total. The van der Waals surface area contributed by atoms with E-state index in [1.165, 1.54) is 25.9 Å². The summed E-state index contributed by atoms with van der Waals surface area (Å²) in [5.74, 6) is 0.919. The van der Waals surface area contributed by atoms with Crippen molar-refractivity contribution in [3.63, 3.8) is 0 Å². The molecule has 4 heteroatoms. The van der Waals surface area contributed by atoms with Crippen molar-refractivity contribution in [3.05, 3.63) is 18.2 Å². The van der Waals surface area contributed by atoms with Crippen LogP contribution < -0.4 is 15.4 Å². The lowest BCUT2D eigenvalue weighted by Gasteiger charge is -2.42. The third kappa shape index (κ3) is 2.70. The Morgan fingerprint density at radius 1 is 1.20 bits per heavy atom. The SMILES string of the molecule is CC1(C)CN(CCN2CCCC2)c2c(N)cccc2O1. The van der Waals surface area contributed by atoms with Crippen LogP contribution >= 0.6 is 0 Å². The van der Waals surface area contributed by atoms with Crippen LogP contribution in [-0.2, 0) is 0 Å². The Bertz CT molecular complexity index is 481. The molecule has 0 aromatic heterocycles. The fraction of sp³-hybridized carbons (Fsp3) is 0.625. The summed E-state index contributed by atoms with van der Waals surface area (Å²) in [4.78, 5) is 4.94. The molecule has 2 aliphatic rings. The first-order chi connectivity index (χ1) is 9.55. The number of anilines is 2. The van der Waals surface area contributed by atoms with Crippen molar-refractivity contribution in [1.82, 2.24) is 4.90 Å². The van der Waals surface area contributed by atoms with Gasteiger partial charge >= 0.3 is 0 Å². The normalized spacial score (nSPS) is 21.6. The minimum absolute atomic E-state index is 0.161. The smallest absolute Gasteiger partial charge is 0.145 e. The molecule has 0 amide bonds. The molecular weight excluding hydrogens is 250 g/mol. The minimum Gasteiger partial charge on any atom is -0.484 e. The summed E-state index contributed by atoms with van der Waals surface area (Å²) in [5, 5.41) is 0. The molecular formula is C16H25N3O. The Morgan fingerprint density at radius 2 is 1.95 bits per heavy atom. The molecule has 1 saturated heterocycles. The second kappa shape index (κ2) is 5.17. The Balaban J connectivity index is 1.79. The average molecular weight is 275 g/mol. The molecule has 0 saturated carbocycles. The summed E-state index contributed by atoms with van der Waals surface area (Å²) in [5.41, 5.74) is 7.90. The van der Waals surface area contributed by atoms with Gasteiger partial charge in [0.15, 0.2) is 0 Å². The Labute approximate surface area is 121 Å². The number of likely N-dealkylation sites (tertiary alicyclic amines) is 1. The van der Waals surface area contributed by atoms with Gasteiger partial charge in [-0.2, -0.15) is 0 Å². The van der Waals surface area contributed by atoms with Gasteiger partial charge in [0.2, 0.25) is 0 Å². The lowest BCUT2D eigenvalue weighted by Crippen LogP contribution is -2.49. The van der Waals surface area contributed by atoms with Crippen LogP contribution in [0.4, 0.5) is 11.4 Å². The number of hydrogen-bond donors (Lipinski definition) is 1. The molecule has 20 heavy (non-hydrogen) atoms. The lowest BCUT2D eigenvalue weighted by molar-refractivity contribution is 0.104. The van der Waals surface area contributed by atoms with Gasteiger partial charge in [0.25, 0.3) is 0 Å². The summed E-state index contributed by atoms with van der Waals surface area (Å²) < 4.78 is 6.07. The second-order valence-electron chi connectivity index (χ2n) is 6.53. The van der Waals surface area contributed by atoms with Gasteiger partial charge in [-0.1, -0.05) is 6.07 Å². The first-order valence-corrected chi connectivity index (χ1v) is 7.60. The molecule has 0 bridgehead atoms. The highest BCUT2D eigenvalue weighted by atomic mass is 16.5. The topological polar surface area (TPSA) is 41.7 Å². The molecule has 2 aliphatic heterocycles. The standard InChI is InChI=1S/C16H25N3O/c1-16(2)12-19(11-10-18-8-3-4-9-18)15-13(17)6-5-7-14(15)20-16/h5-7H,3-4,8-12,17H2,1-2H3. The van der Waals surface area contributed by atoms with E-state index in [0.29, 0.717) is 0 Å². The quantitative estimate of drug-likeness (QED) is 0.860. The van der Waals surface area contributed by atoms with E-state index in [0.717, 1.165) is 36.8 Å². The summed E-state index contributed by atoms with van der Waals surface area (Å²) in [6.45, 7) is 9.79. The average Bonchev–Trinajstić information content (AvgIpc) is 2.87. The zero-order valence-electron chi connectivity index (χ0n) is 12.6. The summed E-state index contributed by atoms with van der Waals surface area (Å²) >= 11 is 0. The van der Waals surface area contributed by atoms with E-state index >= 15 is 0 Å². The zero-order valence-corrected chi connectivity index (χ0v) is 12.6. The fourth-order valence-corrected chi connectivity index (χ4v) is 3.29. The molecule has 0 atom stereocenters. The van der Waals surface area contributed by atoms with Crippen molar-refractivity contribution >= 4 is 11.4 Å². The molecule has 2 heterocycles. The maximum atomic E-state index is 6.17. The largest absolute Gasteiger partial charge is 0.484 e. The minimum atomic E-state index is -0.161. The number of benzene rings is 1. The van der Waals surface area contributed by atoms with Gasteiger partial charge < -0.3 is 20.3 Å². The maximum absolute atomic E-state index is 6.17. The van der Waals surface area contributed by atoms with Crippen molar-refractivity contribution in [2.75, 3.05) is 43.4 Å². The predicted molar refractivity (Wildman–Crippen MR) is 83.4 cm³/mol. The van der Waals surface area contributed by atoms with Gasteiger partial charge in [0.05, 0.1) is 12.2 Å². The zero-order chi connectivity index (χ0) is 14.2. The molecule has 0 spiro atoms. The van der Waals surface area contributed by atoms with E-state index in [2.05, 4.69) is 23.6 Å². The van der Waals surface area contributed by atoms with E-state index in [1.807, 2.05) is 18.2 Å². The van der Waals surface area contributed by atoms with Crippen LogP contribution in [0.3, 0.4) is 0 Å². The molecule has 1 aromatic rings. The number of nitrogens with zero attached hydrogens (tertiary/aromatic N) is 2. The first-order valence-electron chi connectivity index (χ1n) is 7.60. The Kier molecular flexibility index (Phi) is 3.50. The van der Waals surface area contributed by atoms with Crippen LogP contribution in [0.5, 0.6) is 5.75 Å². The van der Waals surface area contributed by atoms with Crippen LogP contribution in [-0.4, -0.2) is 43.2 Å². The fourth-order valence-electron chi connectivity index (χ4n) is 3.29. The number of rotatable bonds is 3. The molecule has 1 aromatic carbocycles. The second-order valence-corrected chi connectivity index (χ2v) is 6.53. The monoisotopic (exact) mass is 275 g/mol. The maximum Gasteiger partial charge on any atom is 0.145 e. The van der Waals surface area contributed by atoms with E-state index in [9.17, 15) is 0 Å². The van der Waals surface area contributed by atoms with Gasteiger partial charge in [-0.3, -0.25) is 0 Å². The van der Waals surface area contributed by atoms with Crippen molar-refractivity contribution in [1.29, 1.82) is 0 Å². The molecule has 3 rings (SSSR count). The number of hydrogen-bond acceptors (Lipinski definition) is 4. The van der Waals surface area contributed by atoms with Crippen molar-refractivity contribution < 1.29 is 4.74 Å². The number of para-hydroxylation sites is 1. The molecule has 0 aliphatic carbocycles. The third-order valence-corrected chi connectivity index (χ3v) is 4.19. The van der Waals surface area contributed by atoms with Gasteiger partial charge in [0, 0.05) is 13.1 Å². The van der Waals surface area contributed by atoms with E-state index < -0.39 is 0 Å². The highest BCUT2D eigenvalue weighted by Gasteiger charge is 2.32. The molecule has 0 radical (unpaired) electrons. The van der Waals surface area contributed by atoms with E-state index in [1.54, 1.807) is 0 Å². The van der Waals surface area contributed by atoms with Crippen molar-refractivity contribution in [2.45, 2.75) is 32.3 Å². The molecule has 110 valence electrons. The highest BCUT2D eigenvalue weighted by molar-refractivity contribution is 5.76. The van der Waals surface area contributed by atoms with E-state index in [-0.39, 0.29) is 5.60 Å². The number of ether oxygens (including phenoxy) is 1. The van der Waals surface area contributed by atoms with Crippen LogP contribution in [0, 0.1) is 0 Å². The Morgan fingerprint density at radius 3 is 2.70 bits per heavy atom. The Hall–Kier alpha value is -1.42. The van der Waals surface area contributed by atoms with Crippen LogP contribution in [0.15, 0.2) is 18.2 Å². The van der Waals surface area contributed by atoms with Crippen molar-refractivity contribution in [3.8, 4) is 5.75 Å². The number of nitrogen functional groups attached to an aromatic ring is 1. The highest BCUT2D eigenvalue weighted by Crippen LogP contribution is 2.40. The van der Waals surface area contributed by atoms with Gasteiger partial charge in [-0.05, 0) is 51.9 Å². The molecule has 0 unspecified atom stereocenters. The van der Waals surface area contributed by atoms with Crippen LogP contribution in [0.1, 0.15) is 26.7 Å². The summed E-state index contributed by atoms with van der Waals surface area (Å²) in [6.07, 6.45) is 2.68. The third-order valence-electron chi connectivity index (χ3n) is 4.19. The number of fused-ring (bicyclic) bond motifs is 1. The van der Waals surface area contributed by atoms with E-state index in [4.69, 9.17) is 10.5 Å². The van der Waals surface area contributed by atoms with Crippen LogP contribution in [0.25, 0.3) is 0 Å². The van der Waals surface area contributed by atoms with Gasteiger partial charge in [-0.25, -0.2) is 0 Å². The lowest BCUT2D eigenvalue weighted by atomic mass is 10.0. The molecule has 4 nitrogen and oxygen atoms in total. The molecule has 1 fully saturated rings. The van der Waals surface area contributed by atoms with Gasteiger partial charge in [0.1, 0.15) is 17.0 Å². The summed E-state index contributed by atoms with van der Waals surface area (Å²) in [6, 6.07) is 5.95. The van der Waals surface area contributed by atoms with Crippen molar-refractivity contribution in [2.24, 2.45) is 0 Å². The number of nitrogens with two attached hydrogens (primary N) is 1. The predicted octanol–water partition coefficient (Wildman–Crippen LogP) is 2.34. The van der Waals surface area contributed by atoms with Gasteiger partial charge in [-0.15, -0.1) is 0 Å². The van der Waals surface area contributed by atoms with Crippen LogP contribution in [0.2, 0.25) is 0 Å².